The lowest BCUT2D eigenvalue weighted by molar-refractivity contribution is 0.459. The quantitative estimate of drug-likeness (QED) is 0.865. The zero-order valence-corrected chi connectivity index (χ0v) is 10.3. The van der Waals surface area contributed by atoms with E-state index in [-0.39, 0.29) is 0 Å². The van der Waals surface area contributed by atoms with Crippen LogP contribution in [0.5, 0.6) is 0 Å². The Bertz CT molecular complexity index is 488. The van der Waals surface area contributed by atoms with Gasteiger partial charge in [-0.15, -0.1) is 10.2 Å². The van der Waals surface area contributed by atoms with Gasteiger partial charge in [0.1, 0.15) is 0 Å². The van der Waals surface area contributed by atoms with Gasteiger partial charge in [-0.2, -0.15) is 0 Å². The summed E-state index contributed by atoms with van der Waals surface area (Å²) in [6.45, 7) is 0. The molecule has 1 saturated carbocycles. The maximum atomic E-state index is 5.61. The highest BCUT2D eigenvalue weighted by atomic mass is 79.9. The second-order valence-corrected chi connectivity index (χ2v) is 5.03. The lowest BCUT2D eigenvalue weighted by Gasteiger charge is -1.96. The van der Waals surface area contributed by atoms with Crippen molar-refractivity contribution in [3.63, 3.8) is 0 Å². The van der Waals surface area contributed by atoms with Gasteiger partial charge < -0.3 is 4.42 Å². The van der Waals surface area contributed by atoms with Crippen LogP contribution in [0.15, 0.2) is 33.2 Å². The fourth-order valence-electron chi connectivity index (χ4n) is 1.61. The topological polar surface area (TPSA) is 38.9 Å². The Kier molecular flexibility index (Phi) is 2.52. The monoisotopic (exact) mass is 278 g/mol. The molecule has 1 aromatic carbocycles. The second-order valence-electron chi connectivity index (χ2n) is 4.11. The van der Waals surface area contributed by atoms with Crippen LogP contribution >= 0.6 is 15.9 Å². The van der Waals surface area contributed by atoms with Crippen LogP contribution in [-0.4, -0.2) is 10.2 Å². The minimum atomic E-state index is 0.533. The predicted molar refractivity (Wildman–Crippen MR) is 63.2 cm³/mol. The van der Waals surface area contributed by atoms with Crippen LogP contribution < -0.4 is 0 Å². The molecule has 1 aliphatic carbocycles. The molecule has 0 saturated heterocycles. The Morgan fingerprint density at radius 2 is 1.94 bits per heavy atom. The first-order valence-electron chi connectivity index (χ1n) is 5.38. The molecule has 1 heterocycles. The number of halogens is 1. The van der Waals surface area contributed by atoms with E-state index in [4.69, 9.17) is 4.42 Å². The largest absolute Gasteiger partial charge is 0.425 e. The molecule has 0 N–H and O–H groups in total. The minimum Gasteiger partial charge on any atom is -0.425 e. The highest BCUT2D eigenvalue weighted by Gasteiger charge is 2.29. The van der Waals surface area contributed by atoms with E-state index in [1.807, 2.05) is 12.1 Å². The molecule has 0 bridgehead atoms. The maximum absolute atomic E-state index is 5.61. The molecule has 0 spiro atoms. The van der Waals surface area contributed by atoms with Gasteiger partial charge in [0.15, 0.2) is 0 Å². The van der Waals surface area contributed by atoms with Gasteiger partial charge in [-0.25, -0.2) is 0 Å². The van der Waals surface area contributed by atoms with E-state index in [1.165, 1.54) is 18.4 Å². The molecule has 3 nitrogen and oxygen atoms in total. The third-order valence-electron chi connectivity index (χ3n) is 2.68. The third-order valence-corrected chi connectivity index (χ3v) is 3.21. The van der Waals surface area contributed by atoms with Crippen LogP contribution in [0.4, 0.5) is 0 Å². The normalized spacial score (nSPS) is 15.3. The summed E-state index contributed by atoms with van der Waals surface area (Å²) >= 11 is 3.41. The molecule has 1 fully saturated rings. The molecule has 0 amide bonds. The fourth-order valence-corrected chi connectivity index (χ4v) is 1.87. The van der Waals surface area contributed by atoms with E-state index in [9.17, 15) is 0 Å². The average molecular weight is 279 g/mol. The molecule has 0 unspecified atom stereocenters. The van der Waals surface area contributed by atoms with Crippen LogP contribution in [0.25, 0.3) is 0 Å². The van der Waals surface area contributed by atoms with Crippen molar-refractivity contribution in [2.24, 2.45) is 0 Å². The summed E-state index contributed by atoms with van der Waals surface area (Å²) in [6.07, 6.45) is 3.10. The average Bonchev–Trinajstić information content (AvgIpc) is 3.04. The van der Waals surface area contributed by atoms with Crippen molar-refractivity contribution in [1.82, 2.24) is 10.2 Å². The summed E-state index contributed by atoms with van der Waals surface area (Å²) < 4.78 is 6.69. The number of hydrogen-bond acceptors (Lipinski definition) is 3. The van der Waals surface area contributed by atoms with E-state index >= 15 is 0 Å². The minimum absolute atomic E-state index is 0.533. The lowest BCUT2D eigenvalue weighted by Crippen LogP contribution is -1.87. The van der Waals surface area contributed by atoms with Crippen LogP contribution in [0.3, 0.4) is 0 Å². The Labute approximate surface area is 102 Å². The zero-order chi connectivity index (χ0) is 11.0. The molecule has 16 heavy (non-hydrogen) atoms. The van der Waals surface area contributed by atoms with Crippen LogP contribution in [0.2, 0.25) is 0 Å². The zero-order valence-electron chi connectivity index (χ0n) is 8.69. The van der Waals surface area contributed by atoms with E-state index in [0.29, 0.717) is 18.2 Å². The second kappa shape index (κ2) is 4.01. The molecule has 0 atom stereocenters. The van der Waals surface area contributed by atoms with Crippen molar-refractivity contribution < 1.29 is 4.42 Å². The van der Waals surface area contributed by atoms with Gasteiger partial charge in [0.05, 0.1) is 6.42 Å². The summed E-state index contributed by atoms with van der Waals surface area (Å²) in [5.74, 6) is 2.06. The van der Waals surface area contributed by atoms with Gasteiger partial charge in [-0.1, -0.05) is 28.1 Å². The van der Waals surface area contributed by atoms with Crippen molar-refractivity contribution in [2.45, 2.75) is 25.2 Å². The molecule has 0 aliphatic heterocycles. The first kappa shape index (κ1) is 10.0. The summed E-state index contributed by atoms with van der Waals surface area (Å²) in [4.78, 5) is 0. The fraction of sp³-hybridized carbons (Fsp3) is 0.333. The van der Waals surface area contributed by atoms with Gasteiger partial charge >= 0.3 is 0 Å². The molecule has 1 aliphatic rings. The van der Waals surface area contributed by atoms with Crippen molar-refractivity contribution in [3.8, 4) is 0 Å². The Morgan fingerprint density at radius 1 is 1.19 bits per heavy atom. The first-order valence-corrected chi connectivity index (χ1v) is 6.17. The summed E-state index contributed by atoms with van der Waals surface area (Å²) in [6, 6.07) is 8.16. The molecule has 2 aromatic rings. The van der Waals surface area contributed by atoms with Crippen LogP contribution in [0.1, 0.15) is 36.1 Å². The van der Waals surface area contributed by atoms with Crippen molar-refractivity contribution in [2.75, 3.05) is 0 Å². The smallest absolute Gasteiger partial charge is 0.220 e. The van der Waals surface area contributed by atoms with E-state index in [1.54, 1.807) is 0 Å². The first-order chi connectivity index (χ1) is 7.81. The number of rotatable bonds is 3. The van der Waals surface area contributed by atoms with E-state index in [0.717, 1.165) is 10.4 Å². The van der Waals surface area contributed by atoms with Crippen molar-refractivity contribution >= 4 is 15.9 Å². The summed E-state index contributed by atoms with van der Waals surface area (Å²) in [7, 11) is 0. The molecular weight excluding hydrogens is 268 g/mol. The van der Waals surface area contributed by atoms with Gasteiger partial charge in [-0.3, -0.25) is 0 Å². The number of nitrogens with zero attached hydrogens (tertiary/aromatic N) is 2. The SMILES string of the molecule is Brc1ccc(Cc2nnc(C3CC3)o2)cc1. The number of benzene rings is 1. The van der Waals surface area contributed by atoms with Crippen LogP contribution in [-0.2, 0) is 6.42 Å². The number of aromatic nitrogens is 2. The van der Waals surface area contributed by atoms with Gasteiger partial charge in [0, 0.05) is 10.4 Å². The predicted octanol–water partition coefficient (Wildman–Crippen LogP) is 3.30. The molecule has 3 rings (SSSR count). The summed E-state index contributed by atoms with van der Waals surface area (Å²) in [5, 5.41) is 8.13. The Balaban J connectivity index is 1.75. The molecule has 1 aromatic heterocycles. The molecule has 82 valence electrons. The van der Waals surface area contributed by atoms with E-state index < -0.39 is 0 Å². The van der Waals surface area contributed by atoms with Crippen molar-refractivity contribution in [3.05, 3.63) is 46.1 Å². The molecule has 4 heteroatoms. The summed E-state index contributed by atoms with van der Waals surface area (Å²) in [5.41, 5.74) is 1.19. The van der Waals surface area contributed by atoms with Gasteiger partial charge in [-0.05, 0) is 30.5 Å². The van der Waals surface area contributed by atoms with Crippen molar-refractivity contribution in [1.29, 1.82) is 0 Å². The number of hydrogen-bond donors (Lipinski definition) is 0. The molecule has 0 radical (unpaired) electrons. The maximum Gasteiger partial charge on any atom is 0.220 e. The molecular formula is C12H11BrN2O. The standard InChI is InChI=1S/C12H11BrN2O/c13-10-5-1-8(2-6-10)7-11-14-15-12(16-11)9-3-4-9/h1-2,5-6,9H,3-4,7H2. The Hall–Kier alpha value is -1.16. The van der Waals surface area contributed by atoms with Gasteiger partial charge in [0.2, 0.25) is 11.8 Å². The van der Waals surface area contributed by atoms with Gasteiger partial charge in [0.25, 0.3) is 0 Å². The van der Waals surface area contributed by atoms with E-state index in [2.05, 4.69) is 38.3 Å². The highest BCUT2D eigenvalue weighted by molar-refractivity contribution is 9.10. The Morgan fingerprint density at radius 3 is 2.62 bits per heavy atom. The lowest BCUT2D eigenvalue weighted by atomic mass is 10.1. The third kappa shape index (κ3) is 2.16. The van der Waals surface area contributed by atoms with Crippen LogP contribution in [0, 0.1) is 0 Å². The highest BCUT2D eigenvalue weighted by Crippen LogP contribution is 2.39.